The van der Waals surface area contributed by atoms with Gasteiger partial charge in [0.15, 0.2) is 0 Å². The number of nitrogens with two attached hydrogens (primary N) is 1. The van der Waals surface area contributed by atoms with Crippen molar-refractivity contribution < 1.29 is 9.59 Å². The van der Waals surface area contributed by atoms with E-state index in [2.05, 4.69) is 0 Å². The van der Waals surface area contributed by atoms with E-state index in [1.807, 2.05) is 9.80 Å². The molecule has 0 spiro atoms. The highest BCUT2D eigenvalue weighted by atomic mass is 35.5. The molecule has 5 nitrogen and oxygen atoms in total. The zero-order valence-corrected chi connectivity index (χ0v) is 16.9. The quantitative estimate of drug-likeness (QED) is 0.808. The van der Waals surface area contributed by atoms with Gasteiger partial charge in [-0.3, -0.25) is 9.59 Å². The summed E-state index contributed by atoms with van der Waals surface area (Å²) in [4.78, 5) is 29.4. The molecular weight excluding hydrogens is 350 g/mol. The monoisotopic (exact) mass is 385 g/mol. The van der Waals surface area contributed by atoms with E-state index >= 15 is 0 Å². The number of nitrogens with zero attached hydrogens (tertiary/aromatic N) is 2. The summed E-state index contributed by atoms with van der Waals surface area (Å²) in [5.74, 6) is 0.813. The maximum absolute atomic E-state index is 12.8. The highest BCUT2D eigenvalue weighted by molar-refractivity contribution is 5.85. The predicted octanol–water partition coefficient (Wildman–Crippen LogP) is 2.96. The number of piperazine rings is 1. The normalized spacial score (nSPS) is 24.0. The Balaban J connectivity index is 0.00000243. The van der Waals surface area contributed by atoms with E-state index in [1.54, 1.807) is 0 Å². The lowest BCUT2D eigenvalue weighted by atomic mass is 9.71. The molecule has 2 aliphatic carbocycles. The van der Waals surface area contributed by atoms with Gasteiger partial charge in [-0.25, -0.2) is 0 Å². The third-order valence-electron chi connectivity index (χ3n) is 6.77. The van der Waals surface area contributed by atoms with Gasteiger partial charge in [-0.2, -0.15) is 0 Å². The molecule has 3 aliphatic rings. The lowest BCUT2D eigenvalue weighted by Crippen LogP contribution is -2.53. The van der Waals surface area contributed by atoms with Crippen LogP contribution in [0.3, 0.4) is 0 Å². The van der Waals surface area contributed by atoms with Crippen LogP contribution in [0.1, 0.15) is 70.6 Å². The van der Waals surface area contributed by atoms with E-state index in [4.69, 9.17) is 5.73 Å². The van der Waals surface area contributed by atoms with Crippen molar-refractivity contribution in [2.75, 3.05) is 32.7 Å². The molecule has 2 amide bonds. The minimum Gasteiger partial charge on any atom is -0.339 e. The van der Waals surface area contributed by atoms with Crippen LogP contribution in [0.5, 0.6) is 0 Å². The molecule has 3 fully saturated rings. The third-order valence-corrected chi connectivity index (χ3v) is 6.77. The molecule has 3 rings (SSSR count). The van der Waals surface area contributed by atoms with Gasteiger partial charge in [0.25, 0.3) is 0 Å². The van der Waals surface area contributed by atoms with Gasteiger partial charge in [0.2, 0.25) is 11.8 Å². The molecule has 0 aromatic heterocycles. The van der Waals surface area contributed by atoms with Gasteiger partial charge in [0, 0.05) is 38.5 Å². The Morgan fingerprint density at radius 3 is 1.96 bits per heavy atom. The zero-order valence-electron chi connectivity index (χ0n) is 16.1. The molecule has 1 heterocycles. The summed E-state index contributed by atoms with van der Waals surface area (Å²) < 4.78 is 0. The van der Waals surface area contributed by atoms with Gasteiger partial charge < -0.3 is 15.5 Å². The number of hydrogen-bond acceptors (Lipinski definition) is 3. The lowest BCUT2D eigenvalue weighted by molar-refractivity contribution is -0.144. The van der Waals surface area contributed by atoms with Gasteiger partial charge in [-0.15, -0.1) is 12.4 Å². The summed E-state index contributed by atoms with van der Waals surface area (Å²) in [5.41, 5.74) is 6.07. The zero-order chi connectivity index (χ0) is 17.7. The Bertz CT molecular complexity index is 466. The first-order chi connectivity index (χ1) is 12.1. The molecule has 0 aromatic carbocycles. The number of amides is 2. The molecule has 6 heteroatoms. The minimum absolute atomic E-state index is 0. The van der Waals surface area contributed by atoms with Gasteiger partial charge in [0.05, 0.1) is 0 Å². The summed E-state index contributed by atoms with van der Waals surface area (Å²) >= 11 is 0. The summed E-state index contributed by atoms with van der Waals surface area (Å²) in [6, 6.07) is 0. The molecule has 1 saturated heterocycles. The Kier molecular flexibility index (Phi) is 8.21. The molecule has 0 unspecified atom stereocenters. The number of hydrogen-bond donors (Lipinski definition) is 1. The van der Waals surface area contributed by atoms with Crippen LogP contribution in [0.25, 0.3) is 0 Å². The lowest BCUT2D eigenvalue weighted by Gasteiger charge is -2.40. The predicted molar refractivity (Wildman–Crippen MR) is 106 cm³/mol. The topological polar surface area (TPSA) is 66.6 Å². The van der Waals surface area contributed by atoms with E-state index in [1.165, 1.54) is 38.5 Å². The standard InChI is InChI=1S/C20H35N3O2.ClH/c21-16-20(9-5-2-6-10-20)15-18(24)22-11-13-23(14-12-22)19(25)17-7-3-1-4-8-17;/h17H,1-16,21H2;1H. The maximum Gasteiger partial charge on any atom is 0.225 e. The van der Waals surface area contributed by atoms with E-state index in [9.17, 15) is 9.59 Å². The SMILES string of the molecule is Cl.NCC1(CC(=O)N2CCN(C(=O)C3CCCCC3)CC2)CCCCC1. The smallest absolute Gasteiger partial charge is 0.225 e. The van der Waals surface area contributed by atoms with Gasteiger partial charge >= 0.3 is 0 Å². The first-order valence-electron chi connectivity index (χ1n) is 10.4. The Labute approximate surface area is 164 Å². The van der Waals surface area contributed by atoms with Gasteiger partial charge in [-0.05, 0) is 37.6 Å². The van der Waals surface area contributed by atoms with Crippen LogP contribution in [0, 0.1) is 11.3 Å². The van der Waals surface area contributed by atoms with Crippen molar-refractivity contribution in [1.82, 2.24) is 9.80 Å². The van der Waals surface area contributed by atoms with E-state index in [0.29, 0.717) is 45.1 Å². The second-order valence-electron chi connectivity index (χ2n) is 8.48. The van der Waals surface area contributed by atoms with Crippen LogP contribution >= 0.6 is 12.4 Å². The first kappa shape index (κ1) is 21.5. The Hall–Kier alpha value is -0.810. The molecule has 0 radical (unpaired) electrons. The van der Waals surface area contributed by atoms with Crippen molar-refractivity contribution in [3.63, 3.8) is 0 Å². The summed E-state index contributed by atoms with van der Waals surface area (Å²) in [6.07, 6.45) is 12.2. The highest BCUT2D eigenvalue weighted by Gasteiger charge is 2.36. The first-order valence-corrected chi connectivity index (χ1v) is 10.4. The molecule has 150 valence electrons. The number of carbonyl (C=O) groups excluding carboxylic acids is 2. The van der Waals surface area contributed by atoms with Gasteiger partial charge in [-0.1, -0.05) is 38.5 Å². The van der Waals surface area contributed by atoms with Crippen molar-refractivity contribution in [2.24, 2.45) is 17.1 Å². The molecule has 0 bridgehead atoms. The molecule has 2 N–H and O–H groups in total. The van der Waals surface area contributed by atoms with Gasteiger partial charge in [0.1, 0.15) is 0 Å². The van der Waals surface area contributed by atoms with Crippen LogP contribution in [-0.2, 0) is 9.59 Å². The van der Waals surface area contributed by atoms with Crippen molar-refractivity contribution in [2.45, 2.75) is 70.6 Å². The van der Waals surface area contributed by atoms with Crippen molar-refractivity contribution in [1.29, 1.82) is 0 Å². The van der Waals surface area contributed by atoms with Crippen LogP contribution in [0.4, 0.5) is 0 Å². The fraction of sp³-hybridized carbons (Fsp3) is 0.900. The molecule has 0 atom stereocenters. The number of carbonyl (C=O) groups is 2. The second kappa shape index (κ2) is 9.93. The van der Waals surface area contributed by atoms with Crippen LogP contribution in [0.2, 0.25) is 0 Å². The largest absolute Gasteiger partial charge is 0.339 e. The fourth-order valence-corrected chi connectivity index (χ4v) is 4.97. The molecule has 0 aromatic rings. The molecule has 1 aliphatic heterocycles. The Morgan fingerprint density at radius 1 is 0.846 bits per heavy atom. The van der Waals surface area contributed by atoms with Crippen LogP contribution in [0.15, 0.2) is 0 Å². The van der Waals surface area contributed by atoms with Crippen LogP contribution < -0.4 is 5.73 Å². The van der Waals surface area contributed by atoms with E-state index in [-0.39, 0.29) is 29.6 Å². The minimum atomic E-state index is 0. The van der Waals surface area contributed by atoms with E-state index in [0.717, 1.165) is 25.7 Å². The van der Waals surface area contributed by atoms with E-state index < -0.39 is 0 Å². The molecule has 26 heavy (non-hydrogen) atoms. The summed E-state index contributed by atoms with van der Waals surface area (Å²) in [5, 5.41) is 0. The number of halogens is 1. The fourth-order valence-electron chi connectivity index (χ4n) is 4.97. The average Bonchev–Trinajstić information content (AvgIpc) is 2.69. The second-order valence-corrected chi connectivity index (χ2v) is 8.48. The molecular formula is C20H36ClN3O2. The average molecular weight is 386 g/mol. The summed E-state index contributed by atoms with van der Waals surface area (Å²) in [6.45, 7) is 3.42. The third kappa shape index (κ3) is 5.13. The highest BCUT2D eigenvalue weighted by Crippen LogP contribution is 2.38. The van der Waals surface area contributed by atoms with Crippen LogP contribution in [-0.4, -0.2) is 54.3 Å². The van der Waals surface area contributed by atoms with Crippen molar-refractivity contribution in [3.05, 3.63) is 0 Å². The maximum atomic E-state index is 12.8. The Morgan fingerprint density at radius 2 is 1.38 bits per heavy atom. The summed E-state index contributed by atoms with van der Waals surface area (Å²) in [7, 11) is 0. The van der Waals surface area contributed by atoms with Crippen molar-refractivity contribution in [3.8, 4) is 0 Å². The van der Waals surface area contributed by atoms with Crippen molar-refractivity contribution >= 4 is 24.2 Å². The number of rotatable bonds is 4. The molecule has 2 saturated carbocycles.